The first-order chi connectivity index (χ1) is 16.9. The number of hydrogen-bond donors (Lipinski definition) is 2. The minimum atomic E-state index is -1.26. The first kappa shape index (κ1) is 29.6. The molecular formula is C29H48N2O6. The molecule has 3 unspecified atom stereocenters. The van der Waals surface area contributed by atoms with Gasteiger partial charge in [0.2, 0.25) is 11.8 Å². The lowest BCUT2D eigenvalue weighted by atomic mass is 9.62. The van der Waals surface area contributed by atoms with Crippen molar-refractivity contribution in [2.75, 3.05) is 13.2 Å². The maximum absolute atomic E-state index is 14.7. The van der Waals surface area contributed by atoms with Crippen molar-refractivity contribution in [3.8, 4) is 0 Å². The van der Waals surface area contributed by atoms with Gasteiger partial charge in [0.25, 0.3) is 0 Å². The minimum Gasteiger partial charge on any atom is -0.481 e. The normalized spacial score (nSPS) is 34.9. The lowest BCUT2D eigenvalue weighted by Crippen LogP contribution is -2.63. The zero-order valence-electron chi connectivity index (χ0n) is 24.2. The van der Waals surface area contributed by atoms with E-state index in [1.807, 2.05) is 34.6 Å². The van der Waals surface area contributed by atoms with Crippen molar-refractivity contribution in [2.24, 2.45) is 29.1 Å². The topological polar surface area (TPSA) is 107 Å². The smallest absolute Gasteiger partial charge is 0.310 e. The molecule has 8 nitrogen and oxygen atoms in total. The number of carbonyl (C=O) groups excluding carboxylic acids is 2. The van der Waals surface area contributed by atoms with Crippen LogP contribution in [0.25, 0.3) is 0 Å². The zero-order chi connectivity index (χ0) is 28.3. The summed E-state index contributed by atoms with van der Waals surface area (Å²) in [6.07, 6.45) is 3.50. The number of hydrogen-bond acceptors (Lipinski definition) is 5. The summed E-state index contributed by atoms with van der Waals surface area (Å²) in [5, 5.41) is 20.8. The Morgan fingerprint density at radius 1 is 1.30 bits per heavy atom. The Bertz CT molecular complexity index is 941. The number of aliphatic carboxylic acids is 1. The first-order valence-electron chi connectivity index (χ1n) is 13.7. The second-order valence-electron chi connectivity index (χ2n) is 13.7. The largest absolute Gasteiger partial charge is 0.481 e. The summed E-state index contributed by atoms with van der Waals surface area (Å²) in [6.45, 7) is 21.9. The molecule has 210 valence electrons. The molecular weight excluding hydrogens is 472 g/mol. The van der Waals surface area contributed by atoms with Crippen LogP contribution in [0.3, 0.4) is 0 Å². The number of fused-ring (bicyclic) bond motifs is 1. The Labute approximate surface area is 222 Å². The molecule has 2 bridgehead atoms. The molecule has 3 fully saturated rings. The molecule has 8 atom stereocenters. The predicted octanol–water partition coefficient (Wildman–Crippen LogP) is 3.72. The molecule has 0 aromatic rings. The van der Waals surface area contributed by atoms with Crippen LogP contribution in [0.2, 0.25) is 0 Å². The molecule has 2 N–H and O–H groups in total. The van der Waals surface area contributed by atoms with Crippen molar-refractivity contribution in [3.63, 3.8) is 0 Å². The third-order valence-electron chi connectivity index (χ3n) is 9.37. The molecule has 0 aliphatic carbocycles. The van der Waals surface area contributed by atoms with E-state index in [0.717, 1.165) is 0 Å². The number of aliphatic hydroxyl groups is 1. The summed E-state index contributed by atoms with van der Waals surface area (Å²) in [7, 11) is 0. The maximum atomic E-state index is 14.7. The molecule has 3 aliphatic rings. The van der Waals surface area contributed by atoms with Crippen LogP contribution in [0.1, 0.15) is 81.6 Å². The molecule has 0 aromatic carbocycles. The fourth-order valence-electron chi connectivity index (χ4n) is 7.81. The van der Waals surface area contributed by atoms with Crippen LogP contribution in [0, 0.1) is 29.1 Å². The quantitative estimate of drug-likeness (QED) is 0.425. The first-order valence-corrected chi connectivity index (χ1v) is 13.7. The van der Waals surface area contributed by atoms with Gasteiger partial charge in [0.15, 0.2) is 0 Å². The van der Waals surface area contributed by atoms with Gasteiger partial charge in [0, 0.05) is 12.1 Å². The lowest BCUT2D eigenvalue weighted by molar-refractivity contribution is -0.163. The standard InChI is InChI=1S/C29H48N2O6/c1-11-13-30(27(8,9)16-26(5,6)7)24(34)22-29-14-18(4)28(10,37-29)21(25(35)36)20(29)23(33)31(22)19(15-32)17(3)12-2/h11,17-22,32H,1,12-16H2,2-10H3,(H,35,36)/t17-,18?,19-,20-,21-,22?,28+,29?/m0/s1. The molecule has 0 aromatic heterocycles. The van der Waals surface area contributed by atoms with Gasteiger partial charge >= 0.3 is 5.97 Å². The van der Waals surface area contributed by atoms with Gasteiger partial charge in [-0.3, -0.25) is 14.4 Å². The molecule has 3 aliphatic heterocycles. The van der Waals surface area contributed by atoms with E-state index in [1.54, 1.807) is 17.9 Å². The highest BCUT2D eigenvalue weighted by Gasteiger charge is 2.80. The van der Waals surface area contributed by atoms with Crippen molar-refractivity contribution in [1.82, 2.24) is 9.80 Å². The van der Waals surface area contributed by atoms with Gasteiger partial charge in [-0.1, -0.05) is 54.0 Å². The van der Waals surface area contributed by atoms with Crippen molar-refractivity contribution >= 4 is 17.8 Å². The van der Waals surface area contributed by atoms with Gasteiger partial charge in [-0.2, -0.15) is 0 Å². The predicted molar refractivity (Wildman–Crippen MR) is 142 cm³/mol. The van der Waals surface area contributed by atoms with E-state index in [4.69, 9.17) is 4.74 Å². The van der Waals surface area contributed by atoms with Crippen LogP contribution < -0.4 is 0 Å². The Morgan fingerprint density at radius 2 is 1.89 bits per heavy atom. The van der Waals surface area contributed by atoms with Crippen LogP contribution in [-0.2, 0) is 19.1 Å². The Morgan fingerprint density at radius 3 is 2.35 bits per heavy atom. The van der Waals surface area contributed by atoms with E-state index in [2.05, 4.69) is 27.4 Å². The number of likely N-dealkylation sites (tertiary alicyclic amines) is 1. The van der Waals surface area contributed by atoms with Crippen LogP contribution in [-0.4, -0.2) is 79.8 Å². The van der Waals surface area contributed by atoms with Crippen molar-refractivity contribution in [1.29, 1.82) is 0 Å². The number of nitrogens with zero attached hydrogens (tertiary/aromatic N) is 2. The fourth-order valence-corrected chi connectivity index (χ4v) is 7.81. The van der Waals surface area contributed by atoms with Gasteiger partial charge in [0.1, 0.15) is 17.6 Å². The van der Waals surface area contributed by atoms with Crippen LogP contribution in [0.5, 0.6) is 0 Å². The van der Waals surface area contributed by atoms with E-state index in [-0.39, 0.29) is 36.3 Å². The summed E-state index contributed by atoms with van der Waals surface area (Å²) >= 11 is 0. The molecule has 3 saturated heterocycles. The van der Waals surface area contributed by atoms with Gasteiger partial charge in [-0.25, -0.2) is 0 Å². The van der Waals surface area contributed by atoms with Crippen LogP contribution >= 0.6 is 0 Å². The van der Waals surface area contributed by atoms with E-state index < -0.39 is 52.5 Å². The maximum Gasteiger partial charge on any atom is 0.310 e. The molecule has 2 amide bonds. The molecule has 3 rings (SSSR count). The van der Waals surface area contributed by atoms with Crippen molar-refractivity contribution < 1.29 is 29.3 Å². The summed E-state index contributed by atoms with van der Waals surface area (Å²) in [5.74, 6) is -4.03. The fraction of sp³-hybridized carbons (Fsp3) is 0.828. The summed E-state index contributed by atoms with van der Waals surface area (Å²) in [6, 6.07) is -1.65. The Balaban J connectivity index is 2.23. The van der Waals surface area contributed by atoms with E-state index in [9.17, 15) is 24.6 Å². The molecule has 0 radical (unpaired) electrons. The number of carbonyl (C=O) groups is 3. The highest BCUT2D eigenvalue weighted by atomic mass is 16.5. The van der Waals surface area contributed by atoms with Gasteiger partial charge in [-0.15, -0.1) is 6.58 Å². The second kappa shape index (κ2) is 9.67. The molecule has 1 spiro atoms. The number of aliphatic hydroxyl groups excluding tert-OH is 1. The number of ether oxygens (including phenoxy) is 1. The van der Waals surface area contributed by atoms with Crippen LogP contribution in [0.4, 0.5) is 0 Å². The SMILES string of the molecule is C=CCN(C(=O)C1N([C@@H](CO)[C@@H](C)CC)C(=O)[C@@H]2[C@@H](C(=O)O)[C@]3(C)OC12CC3C)C(C)(C)CC(C)(C)C. The van der Waals surface area contributed by atoms with E-state index in [1.165, 1.54) is 4.90 Å². The van der Waals surface area contributed by atoms with Crippen molar-refractivity contribution in [3.05, 3.63) is 12.7 Å². The second-order valence-corrected chi connectivity index (χ2v) is 13.7. The average Bonchev–Trinajstić information content (AvgIpc) is 3.27. The third kappa shape index (κ3) is 4.52. The number of carboxylic acid groups (broad SMARTS) is 1. The Hall–Kier alpha value is -1.93. The Kier molecular flexibility index (Phi) is 7.74. The highest BCUT2D eigenvalue weighted by Crippen LogP contribution is 2.65. The number of carboxylic acids is 1. The summed E-state index contributed by atoms with van der Waals surface area (Å²) < 4.78 is 6.64. The summed E-state index contributed by atoms with van der Waals surface area (Å²) in [4.78, 5) is 44.8. The molecule has 37 heavy (non-hydrogen) atoms. The van der Waals surface area contributed by atoms with E-state index >= 15 is 0 Å². The molecule has 0 saturated carbocycles. The number of rotatable bonds is 10. The molecule has 8 heteroatoms. The minimum absolute atomic E-state index is 0.0712. The van der Waals surface area contributed by atoms with E-state index in [0.29, 0.717) is 19.3 Å². The number of amides is 2. The third-order valence-corrected chi connectivity index (χ3v) is 9.37. The zero-order valence-corrected chi connectivity index (χ0v) is 24.2. The lowest BCUT2D eigenvalue weighted by Gasteiger charge is -2.47. The van der Waals surface area contributed by atoms with Gasteiger partial charge in [0.05, 0.1) is 24.2 Å². The average molecular weight is 521 g/mol. The highest BCUT2D eigenvalue weighted by molar-refractivity contribution is 5.98. The van der Waals surface area contributed by atoms with Gasteiger partial charge in [-0.05, 0) is 50.9 Å². The van der Waals surface area contributed by atoms with Gasteiger partial charge < -0.3 is 24.7 Å². The molecule has 3 heterocycles. The van der Waals surface area contributed by atoms with Crippen molar-refractivity contribution in [2.45, 2.75) is 110 Å². The monoisotopic (exact) mass is 520 g/mol. The van der Waals surface area contributed by atoms with Crippen LogP contribution in [0.15, 0.2) is 12.7 Å². The summed E-state index contributed by atoms with van der Waals surface area (Å²) in [5.41, 5.74) is -2.95.